The zero-order valence-electron chi connectivity index (χ0n) is 15.8. The molecule has 0 aliphatic rings. The fraction of sp³-hybridized carbons (Fsp3) is 0.0833. The van der Waals surface area contributed by atoms with Crippen molar-refractivity contribution in [2.75, 3.05) is 12.4 Å². The molecule has 138 valence electrons. The Balaban J connectivity index is 1.77. The Hall–Kier alpha value is -3.66. The minimum atomic E-state index is -0.163. The molecule has 0 aliphatic carbocycles. The van der Waals surface area contributed by atoms with Gasteiger partial charge in [0.05, 0.1) is 23.9 Å². The van der Waals surface area contributed by atoms with Gasteiger partial charge >= 0.3 is 0 Å². The summed E-state index contributed by atoms with van der Waals surface area (Å²) in [6, 6.07) is 25.0. The third-order valence-electron chi connectivity index (χ3n) is 4.71. The average molecular weight is 368 g/mol. The van der Waals surface area contributed by atoms with E-state index in [0.29, 0.717) is 5.56 Å². The molecule has 1 N–H and O–H groups in total. The van der Waals surface area contributed by atoms with Gasteiger partial charge in [-0.1, -0.05) is 48.5 Å². The van der Waals surface area contributed by atoms with E-state index in [9.17, 15) is 4.79 Å². The highest BCUT2D eigenvalue weighted by molar-refractivity contribution is 6.13. The van der Waals surface area contributed by atoms with Crippen LogP contribution in [-0.2, 0) is 0 Å². The molecule has 1 aromatic heterocycles. The van der Waals surface area contributed by atoms with Crippen molar-refractivity contribution in [2.45, 2.75) is 6.92 Å². The first-order valence-electron chi connectivity index (χ1n) is 9.07. The number of methoxy groups -OCH3 is 1. The van der Waals surface area contributed by atoms with E-state index in [0.717, 1.165) is 39.2 Å². The first-order chi connectivity index (χ1) is 13.7. The third-order valence-corrected chi connectivity index (χ3v) is 4.71. The molecule has 1 amide bonds. The molecule has 0 saturated heterocycles. The van der Waals surface area contributed by atoms with Gasteiger partial charge in [-0.3, -0.25) is 4.79 Å². The summed E-state index contributed by atoms with van der Waals surface area (Å²) in [4.78, 5) is 17.9. The van der Waals surface area contributed by atoms with Crippen LogP contribution in [0.5, 0.6) is 5.75 Å². The van der Waals surface area contributed by atoms with E-state index in [4.69, 9.17) is 9.72 Å². The minimum Gasteiger partial charge on any atom is -0.497 e. The lowest BCUT2D eigenvalue weighted by molar-refractivity contribution is 0.102. The van der Waals surface area contributed by atoms with Crippen molar-refractivity contribution in [3.8, 4) is 17.0 Å². The predicted molar refractivity (Wildman–Crippen MR) is 113 cm³/mol. The Bertz CT molecular complexity index is 1150. The molecule has 0 spiro atoms. The number of pyridine rings is 1. The van der Waals surface area contributed by atoms with Crippen LogP contribution in [0.4, 0.5) is 5.69 Å². The number of nitrogens with one attached hydrogen (secondary N) is 1. The summed E-state index contributed by atoms with van der Waals surface area (Å²) in [5, 5.41) is 3.85. The number of amides is 1. The van der Waals surface area contributed by atoms with Gasteiger partial charge in [0.15, 0.2) is 0 Å². The molecule has 3 aromatic carbocycles. The Morgan fingerprint density at radius 2 is 1.68 bits per heavy atom. The Kier molecular flexibility index (Phi) is 4.77. The van der Waals surface area contributed by atoms with E-state index < -0.39 is 0 Å². The van der Waals surface area contributed by atoms with Gasteiger partial charge in [-0.15, -0.1) is 0 Å². The lowest BCUT2D eigenvalue weighted by Crippen LogP contribution is -2.14. The summed E-state index contributed by atoms with van der Waals surface area (Å²) >= 11 is 0. The number of carbonyl (C=O) groups is 1. The summed E-state index contributed by atoms with van der Waals surface area (Å²) in [6.45, 7) is 1.94. The van der Waals surface area contributed by atoms with Gasteiger partial charge < -0.3 is 10.1 Å². The topological polar surface area (TPSA) is 51.2 Å². The second kappa shape index (κ2) is 7.53. The second-order valence-corrected chi connectivity index (χ2v) is 6.57. The lowest BCUT2D eigenvalue weighted by Gasteiger charge is -2.13. The molecular formula is C24H20N2O2. The van der Waals surface area contributed by atoms with Gasteiger partial charge in [0.2, 0.25) is 0 Å². The summed E-state index contributed by atoms with van der Waals surface area (Å²) in [5.41, 5.74) is 4.83. The van der Waals surface area contributed by atoms with Gasteiger partial charge in [-0.25, -0.2) is 4.98 Å². The zero-order chi connectivity index (χ0) is 19.5. The highest BCUT2D eigenvalue weighted by Gasteiger charge is 2.15. The summed E-state index contributed by atoms with van der Waals surface area (Å²) in [6.07, 6.45) is 0. The first-order valence-corrected chi connectivity index (χ1v) is 9.07. The third kappa shape index (κ3) is 3.45. The van der Waals surface area contributed by atoms with Crippen LogP contribution in [-0.4, -0.2) is 18.0 Å². The number of ether oxygens (including phenoxy) is 1. The lowest BCUT2D eigenvalue weighted by atomic mass is 10.0. The van der Waals surface area contributed by atoms with E-state index in [-0.39, 0.29) is 5.91 Å². The molecule has 1 heterocycles. The molecule has 0 radical (unpaired) electrons. The summed E-state index contributed by atoms with van der Waals surface area (Å²) < 4.78 is 5.24. The van der Waals surface area contributed by atoms with E-state index in [2.05, 4.69) is 5.32 Å². The number of fused-ring (bicyclic) bond motifs is 1. The number of nitrogens with zero attached hydrogens (tertiary/aromatic N) is 1. The Labute approximate surface area is 163 Å². The van der Waals surface area contributed by atoms with Gasteiger partial charge in [0.1, 0.15) is 5.75 Å². The highest BCUT2D eigenvalue weighted by Crippen LogP contribution is 2.27. The second-order valence-electron chi connectivity index (χ2n) is 6.57. The molecule has 0 atom stereocenters. The Morgan fingerprint density at radius 3 is 2.43 bits per heavy atom. The number of carbonyl (C=O) groups excluding carboxylic acids is 1. The fourth-order valence-electron chi connectivity index (χ4n) is 3.21. The quantitative estimate of drug-likeness (QED) is 0.519. The average Bonchev–Trinajstić information content (AvgIpc) is 2.74. The molecule has 0 bridgehead atoms. The van der Waals surface area contributed by atoms with Crippen molar-refractivity contribution < 1.29 is 9.53 Å². The number of hydrogen-bond donors (Lipinski definition) is 1. The van der Waals surface area contributed by atoms with E-state index in [1.54, 1.807) is 7.11 Å². The maximum atomic E-state index is 13.1. The van der Waals surface area contributed by atoms with Crippen molar-refractivity contribution in [1.29, 1.82) is 0 Å². The summed E-state index contributed by atoms with van der Waals surface area (Å²) in [5.74, 6) is 0.597. The van der Waals surface area contributed by atoms with Crippen molar-refractivity contribution >= 4 is 22.5 Å². The zero-order valence-corrected chi connectivity index (χ0v) is 15.8. The molecule has 0 fully saturated rings. The van der Waals surface area contributed by atoms with Crippen LogP contribution in [0.2, 0.25) is 0 Å². The first kappa shape index (κ1) is 17.7. The molecule has 4 nitrogen and oxygen atoms in total. The maximum Gasteiger partial charge on any atom is 0.256 e. The smallest absolute Gasteiger partial charge is 0.256 e. The number of benzene rings is 3. The standard InChI is InChI=1S/C24H20N2O2/c1-16-14-18(28-2)12-13-21(16)26-24(27)20-15-23(17-8-4-3-5-9-17)25-22-11-7-6-10-19(20)22/h3-15H,1-2H3,(H,26,27). The van der Waals surface area contributed by atoms with Gasteiger partial charge in [0, 0.05) is 16.6 Å². The number of aryl methyl sites for hydroxylation is 1. The Morgan fingerprint density at radius 1 is 0.929 bits per heavy atom. The van der Waals surface area contributed by atoms with Crippen LogP contribution in [0.25, 0.3) is 22.2 Å². The van der Waals surface area contributed by atoms with Gasteiger partial charge in [-0.05, 0) is 42.8 Å². The van der Waals surface area contributed by atoms with Crippen LogP contribution in [0, 0.1) is 6.92 Å². The highest BCUT2D eigenvalue weighted by atomic mass is 16.5. The van der Waals surface area contributed by atoms with Crippen molar-refractivity contribution in [2.24, 2.45) is 0 Å². The molecule has 4 rings (SSSR count). The van der Waals surface area contributed by atoms with E-state index in [1.165, 1.54) is 0 Å². The number of anilines is 1. The molecule has 0 unspecified atom stereocenters. The van der Waals surface area contributed by atoms with Gasteiger partial charge in [-0.2, -0.15) is 0 Å². The molecule has 0 aliphatic heterocycles. The van der Waals surface area contributed by atoms with Crippen molar-refractivity contribution in [3.05, 3.63) is 90.0 Å². The maximum absolute atomic E-state index is 13.1. The molecule has 0 saturated carbocycles. The largest absolute Gasteiger partial charge is 0.497 e. The molecule has 4 aromatic rings. The van der Waals surface area contributed by atoms with Crippen molar-refractivity contribution in [1.82, 2.24) is 4.98 Å². The normalized spacial score (nSPS) is 10.6. The van der Waals surface area contributed by atoms with Crippen LogP contribution in [0.3, 0.4) is 0 Å². The number of rotatable bonds is 4. The fourth-order valence-corrected chi connectivity index (χ4v) is 3.21. The van der Waals surface area contributed by atoms with E-state index in [1.807, 2.05) is 85.8 Å². The molecule has 28 heavy (non-hydrogen) atoms. The van der Waals surface area contributed by atoms with Crippen LogP contribution in [0.15, 0.2) is 78.9 Å². The minimum absolute atomic E-state index is 0.163. The van der Waals surface area contributed by atoms with Crippen LogP contribution < -0.4 is 10.1 Å². The number of hydrogen-bond acceptors (Lipinski definition) is 3. The monoisotopic (exact) mass is 368 g/mol. The van der Waals surface area contributed by atoms with E-state index >= 15 is 0 Å². The van der Waals surface area contributed by atoms with Crippen molar-refractivity contribution in [3.63, 3.8) is 0 Å². The predicted octanol–water partition coefficient (Wildman–Crippen LogP) is 5.47. The SMILES string of the molecule is COc1ccc(NC(=O)c2cc(-c3ccccc3)nc3ccccc23)c(C)c1. The number of para-hydroxylation sites is 1. The summed E-state index contributed by atoms with van der Waals surface area (Å²) in [7, 11) is 1.63. The van der Waals surface area contributed by atoms with Crippen LogP contribution >= 0.6 is 0 Å². The van der Waals surface area contributed by atoms with Gasteiger partial charge in [0.25, 0.3) is 5.91 Å². The molecular weight excluding hydrogens is 348 g/mol. The van der Waals surface area contributed by atoms with Crippen LogP contribution in [0.1, 0.15) is 15.9 Å². The molecule has 4 heteroatoms. The number of aromatic nitrogens is 1.